The van der Waals surface area contributed by atoms with Crippen molar-refractivity contribution >= 4 is 29.0 Å². The topological polar surface area (TPSA) is 58.1 Å². The van der Waals surface area contributed by atoms with Gasteiger partial charge in [-0.2, -0.15) is 4.98 Å². The van der Waals surface area contributed by atoms with E-state index in [1.165, 1.54) is 0 Å². The zero-order chi connectivity index (χ0) is 11.9. The number of hydrogen-bond donors (Lipinski definition) is 1. The molecule has 1 aliphatic heterocycles. The lowest BCUT2D eigenvalue weighted by atomic mass is 10.2. The van der Waals surface area contributed by atoms with Crippen molar-refractivity contribution < 1.29 is 4.79 Å². The molecule has 0 bridgehead atoms. The normalized spacial score (nSPS) is 15.1. The van der Waals surface area contributed by atoms with Crippen LogP contribution in [0.2, 0.25) is 5.28 Å². The summed E-state index contributed by atoms with van der Waals surface area (Å²) in [6, 6.07) is 0.190. The number of amides is 1. The molecule has 5 nitrogen and oxygen atoms in total. The van der Waals surface area contributed by atoms with E-state index >= 15 is 0 Å². The Morgan fingerprint density at radius 3 is 2.75 bits per heavy atom. The molecule has 1 aromatic heterocycles. The van der Waals surface area contributed by atoms with Crippen molar-refractivity contribution in [2.75, 3.05) is 16.8 Å². The summed E-state index contributed by atoms with van der Waals surface area (Å²) < 4.78 is 0. The van der Waals surface area contributed by atoms with E-state index < -0.39 is 0 Å². The van der Waals surface area contributed by atoms with Crippen LogP contribution in [-0.4, -0.2) is 28.5 Å². The molecule has 2 heterocycles. The Labute approximate surface area is 98.8 Å². The highest BCUT2D eigenvalue weighted by molar-refractivity contribution is 6.28. The Kier molecular flexibility index (Phi) is 2.71. The van der Waals surface area contributed by atoms with Gasteiger partial charge in [-0.1, -0.05) is 0 Å². The van der Waals surface area contributed by atoms with Crippen molar-refractivity contribution in [1.82, 2.24) is 9.97 Å². The second-order valence-electron chi connectivity index (χ2n) is 4.05. The van der Waals surface area contributed by atoms with Gasteiger partial charge in [-0.25, -0.2) is 4.98 Å². The molecule has 0 aliphatic carbocycles. The van der Waals surface area contributed by atoms with Crippen molar-refractivity contribution in [2.24, 2.45) is 0 Å². The van der Waals surface area contributed by atoms with Crippen LogP contribution in [-0.2, 0) is 4.79 Å². The van der Waals surface area contributed by atoms with Gasteiger partial charge in [0.15, 0.2) is 5.82 Å². The lowest BCUT2D eigenvalue weighted by Crippen LogP contribution is -2.43. The highest BCUT2D eigenvalue weighted by Crippen LogP contribution is 2.31. The van der Waals surface area contributed by atoms with Crippen LogP contribution in [0.3, 0.4) is 0 Å². The number of aromatic nitrogens is 2. The summed E-state index contributed by atoms with van der Waals surface area (Å²) in [7, 11) is 0. The van der Waals surface area contributed by atoms with Crippen LogP contribution >= 0.6 is 11.6 Å². The Morgan fingerprint density at radius 1 is 1.44 bits per heavy atom. The van der Waals surface area contributed by atoms with Gasteiger partial charge in [-0.05, 0) is 32.4 Å². The van der Waals surface area contributed by atoms with E-state index in [4.69, 9.17) is 11.6 Å². The Bertz CT molecular complexity index is 447. The minimum atomic E-state index is -0.0461. The van der Waals surface area contributed by atoms with E-state index in [2.05, 4.69) is 15.3 Å². The van der Waals surface area contributed by atoms with Crippen molar-refractivity contribution in [3.8, 4) is 0 Å². The maximum absolute atomic E-state index is 11.5. The molecule has 86 valence electrons. The number of hydrogen-bond acceptors (Lipinski definition) is 4. The predicted octanol–water partition coefficient (Wildman–Crippen LogP) is 1.61. The number of fused-ring (bicyclic) bond motifs is 1. The summed E-state index contributed by atoms with van der Waals surface area (Å²) >= 11 is 5.83. The first-order valence-electron chi connectivity index (χ1n) is 5.09. The van der Waals surface area contributed by atoms with Gasteiger partial charge in [0, 0.05) is 6.04 Å². The number of halogens is 1. The number of rotatable bonds is 1. The Balaban J connectivity index is 2.56. The van der Waals surface area contributed by atoms with Crippen LogP contribution in [0.15, 0.2) is 0 Å². The minimum Gasteiger partial charge on any atom is -0.343 e. The number of nitrogens with zero attached hydrogens (tertiary/aromatic N) is 3. The quantitative estimate of drug-likeness (QED) is 0.758. The molecule has 0 aromatic carbocycles. The van der Waals surface area contributed by atoms with E-state index in [0.717, 1.165) is 0 Å². The number of nitrogens with one attached hydrogen (secondary N) is 1. The molecule has 0 fully saturated rings. The predicted molar refractivity (Wildman–Crippen MR) is 62.9 cm³/mol. The van der Waals surface area contributed by atoms with Gasteiger partial charge in [0.2, 0.25) is 11.2 Å². The number of anilines is 2. The van der Waals surface area contributed by atoms with Gasteiger partial charge < -0.3 is 10.2 Å². The van der Waals surface area contributed by atoms with E-state index in [9.17, 15) is 4.79 Å². The fraction of sp³-hybridized carbons (Fsp3) is 0.500. The van der Waals surface area contributed by atoms with E-state index in [1.54, 1.807) is 6.92 Å². The second-order valence-corrected chi connectivity index (χ2v) is 4.38. The average molecular weight is 241 g/mol. The number of aryl methyl sites for hydroxylation is 1. The first kappa shape index (κ1) is 11.1. The third-order valence-electron chi connectivity index (χ3n) is 2.52. The molecule has 0 radical (unpaired) electrons. The molecule has 0 saturated carbocycles. The SMILES string of the molecule is Cc1nc(Cl)nc2c1NC(=O)CN2C(C)C. The average Bonchev–Trinajstić information content (AvgIpc) is 2.18. The van der Waals surface area contributed by atoms with Gasteiger partial charge >= 0.3 is 0 Å². The van der Waals surface area contributed by atoms with Gasteiger partial charge in [-0.15, -0.1) is 0 Å². The maximum Gasteiger partial charge on any atom is 0.244 e. The van der Waals surface area contributed by atoms with Gasteiger partial charge in [0.05, 0.1) is 12.2 Å². The molecule has 1 N–H and O–H groups in total. The summed E-state index contributed by atoms with van der Waals surface area (Å²) in [4.78, 5) is 21.7. The van der Waals surface area contributed by atoms with Crippen molar-refractivity contribution in [3.63, 3.8) is 0 Å². The van der Waals surface area contributed by atoms with Gasteiger partial charge in [0.1, 0.15) is 5.69 Å². The summed E-state index contributed by atoms with van der Waals surface area (Å²) in [5, 5.41) is 2.98. The molecule has 2 rings (SSSR count). The maximum atomic E-state index is 11.5. The van der Waals surface area contributed by atoms with Crippen LogP contribution in [0.4, 0.5) is 11.5 Å². The summed E-state index contributed by atoms with van der Waals surface area (Å²) in [5.41, 5.74) is 1.35. The van der Waals surface area contributed by atoms with Gasteiger partial charge in [0.25, 0.3) is 0 Å². The summed E-state index contributed by atoms with van der Waals surface area (Å²) in [6.45, 7) is 6.12. The van der Waals surface area contributed by atoms with Crippen LogP contribution in [0, 0.1) is 6.92 Å². The molecule has 6 heteroatoms. The Hall–Kier alpha value is -1.36. The fourth-order valence-corrected chi connectivity index (χ4v) is 1.92. The molecule has 0 spiro atoms. The molecule has 1 aliphatic rings. The molecule has 0 unspecified atom stereocenters. The van der Waals surface area contributed by atoms with Crippen molar-refractivity contribution in [1.29, 1.82) is 0 Å². The van der Waals surface area contributed by atoms with E-state index in [-0.39, 0.29) is 17.2 Å². The van der Waals surface area contributed by atoms with Crippen LogP contribution in [0.1, 0.15) is 19.5 Å². The third kappa shape index (κ3) is 1.82. The zero-order valence-electron chi connectivity index (χ0n) is 9.41. The highest BCUT2D eigenvalue weighted by Gasteiger charge is 2.27. The van der Waals surface area contributed by atoms with E-state index in [0.29, 0.717) is 23.7 Å². The Morgan fingerprint density at radius 2 is 2.12 bits per heavy atom. The summed E-state index contributed by atoms with van der Waals surface area (Å²) in [6.07, 6.45) is 0. The molecule has 0 atom stereocenters. The monoisotopic (exact) mass is 240 g/mol. The van der Waals surface area contributed by atoms with Crippen LogP contribution in [0.5, 0.6) is 0 Å². The van der Waals surface area contributed by atoms with Gasteiger partial charge in [-0.3, -0.25) is 4.79 Å². The van der Waals surface area contributed by atoms with E-state index in [1.807, 2.05) is 18.7 Å². The first-order valence-corrected chi connectivity index (χ1v) is 5.47. The highest BCUT2D eigenvalue weighted by atomic mass is 35.5. The second kappa shape index (κ2) is 3.90. The lowest BCUT2D eigenvalue weighted by molar-refractivity contribution is -0.115. The zero-order valence-corrected chi connectivity index (χ0v) is 10.2. The van der Waals surface area contributed by atoms with Crippen LogP contribution < -0.4 is 10.2 Å². The molecule has 16 heavy (non-hydrogen) atoms. The minimum absolute atomic E-state index is 0.0461. The molecular formula is C10H13ClN4O. The molecular weight excluding hydrogens is 228 g/mol. The van der Waals surface area contributed by atoms with Crippen molar-refractivity contribution in [2.45, 2.75) is 26.8 Å². The molecule has 1 aromatic rings. The standard InChI is InChI=1S/C10H13ClN4O/c1-5(2)15-4-7(16)13-8-6(3)12-10(11)14-9(8)15/h5H,4H2,1-3H3,(H,13,16). The molecule has 0 saturated heterocycles. The number of carbonyl (C=O) groups is 1. The summed E-state index contributed by atoms with van der Waals surface area (Å²) in [5.74, 6) is 0.655. The number of carbonyl (C=O) groups excluding carboxylic acids is 1. The first-order chi connectivity index (χ1) is 7.49. The van der Waals surface area contributed by atoms with Crippen LogP contribution in [0.25, 0.3) is 0 Å². The largest absolute Gasteiger partial charge is 0.343 e. The fourth-order valence-electron chi connectivity index (χ4n) is 1.71. The van der Waals surface area contributed by atoms with Crippen molar-refractivity contribution in [3.05, 3.63) is 11.0 Å². The lowest BCUT2D eigenvalue weighted by Gasteiger charge is -2.33. The molecule has 1 amide bonds. The third-order valence-corrected chi connectivity index (χ3v) is 2.69. The smallest absolute Gasteiger partial charge is 0.244 e.